The van der Waals surface area contributed by atoms with Crippen molar-refractivity contribution in [3.63, 3.8) is 0 Å². The Kier molecular flexibility index (Phi) is 2.89. The monoisotopic (exact) mass is 287 g/mol. The zero-order valence-electron chi connectivity index (χ0n) is 11.9. The van der Waals surface area contributed by atoms with E-state index in [0.29, 0.717) is 0 Å². The smallest absolute Gasteiger partial charge is 0.152 e. The van der Waals surface area contributed by atoms with E-state index in [0.717, 1.165) is 0 Å². The molecule has 2 aliphatic heterocycles. The number of sulfone groups is 1. The van der Waals surface area contributed by atoms with Crippen molar-refractivity contribution in [2.45, 2.75) is 57.3 Å². The van der Waals surface area contributed by atoms with Crippen LogP contribution < -0.4 is 0 Å². The lowest BCUT2D eigenvalue weighted by Crippen LogP contribution is -2.59. The Morgan fingerprint density at radius 2 is 1.84 bits per heavy atom. The topological polar surface area (TPSA) is 87.4 Å². The first-order valence-corrected chi connectivity index (χ1v) is 8.25. The Bertz CT molecular complexity index is 545. The fourth-order valence-corrected chi connectivity index (χ4v) is 5.74. The highest BCUT2D eigenvalue weighted by atomic mass is 32.2. The number of ether oxygens (including phenoxy) is 1. The maximum Gasteiger partial charge on any atom is 0.152 e. The number of rotatable bonds is 1. The van der Waals surface area contributed by atoms with E-state index in [2.05, 4.69) is 6.07 Å². The molecule has 19 heavy (non-hydrogen) atoms. The van der Waals surface area contributed by atoms with Crippen LogP contribution in [0.25, 0.3) is 0 Å². The molecule has 0 aromatic rings. The van der Waals surface area contributed by atoms with E-state index in [1.165, 1.54) is 0 Å². The summed E-state index contributed by atoms with van der Waals surface area (Å²) in [6.45, 7) is 7.15. The van der Waals surface area contributed by atoms with Gasteiger partial charge in [0.1, 0.15) is 11.0 Å². The molecular formula is C13H21NO4S. The van der Waals surface area contributed by atoms with Crippen molar-refractivity contribution < 1.29 is 18.3 Å². The standard InChI is InChI=1S/C13H21NO4S/c1-10(2)7-13(15,11(3,4)18-10)12(8-14)5-6-19(16,17)9-12/h15H,5-7,9H2,1-4H3. The van der Waals surface area contributed by atoms with Crippen LogP contribution in [-0.2, 0) is 14.6 Å². The Labute approximate surface area is 114 Å². The molecule has 2 atom stereocenters. The van der Waals surface area contributed by atoms with Crippen molar-refractivity contribution in [1.82, 2.24) is 0 Å². The van der Waals surface area contributed by atoms with Crippen molar-refractivity contribution in [2.75, 3.05) is 11.5 Å². The molecule has 2 aliphatic rings. The van der Waals surface area contributed by atoms with E-state index in [1.807, 2.05) is 13.8 Å². The van der Waals surface area contributed by atoms with Gasteiger partial charge in [-0.3, -0.25) is 0 Å². The van der Waals surface area contributed by atoms with Crippen LogP contribution in [0, 0.1) is 16.7 Å². The average Bonchev–Trinajstić information content (AvgIpc) is 2.60. The van der Waals surface area contributed by atoms with Gasteiger partial charge < -0.3 is 9.84 Å². The van der Waals surface area contributed by atoms with E-state index in [-0.39, 0.29) is 24.3 Å². The SMILES string of the molecule is CC1(C)CC(O)(C2(C#N)CCS(=O)(=O)C2)C(C)(C)O1. The third-order valence-electron chi connectivity index (χ3n) is 4.52. The first-order chi connectivity index (χ1) is 8.39. The van der Waals surface area contributed by atoms with Gasteiger partial charge in [0.05, 0.1) is 28.8 Å². The normalized spacial score (nSPS) is 42.9. The lowest BCUT2D eigenvalue weighted by atomic mass is 9.63. The summed E-state index contributed by atoms with van der Waals surface area (Å²) in [7, 11) is -3.27. The first kappa shape index (κ1) is 14.8. The molecule has 2 fully saturated rings. The largest absolute Gasteiger partial charge is 0.385 e. The maximum absolute atomic E-state index is 11.8. The summed E-state index contributed by atoms with van der Waals surface area (Å²) in [5.74, 6) is -0.324. The van der Waals surface area contributed by atoms with Gasteiger partial charge in [-0.2, -0.15) is 5.26 Å². The fraction of sp³-hybridized carbons (Fsp3) is 0.923. The second kappa shape index (κ2) is 3.72. The van der Waals surface area contributed by atoms with Crippen LogP contribution in [0.1, 0.15) is 40.5 Å². The Morgan fingerprint density at radius 1 is 1.26 bits per heavy atom. The molecule has 0 aromatic carbocycles. The number of nitrogens with zero attached hydrogens (tertiary/aromatic N) is 1. The molecule has 2 saturated heterocycles. The van der Waals surface area contributed by atoms with Gasteiger partial charge in [-0.05, 0) is 34.1 Å². The van der Waals surface area contributed by atoms with E-state index in [9.17, 15) is 18.8 Å². The molecule has 5 nitrogen and oxygen atoms in total. The Morgan fingerprint density at radius 3 is 2.16 bits per heavy atom. The van der Waals surface area contributed by atoms with E-state index in [1.54, 1.807) is 13.8 Å². The van der Waals surface area contributed by atoms with Gasteiger partial charge >= 0.3 is 0 Å². The summed E-state index contributed by atoms with van der Waals surface area (Å²) in [5, 5.41) is 20.7. The van der Waals surface area contributed by atoms with Crippen molar-refractivity contribution in [2.24, 2.45) is 5.41 Å². The summed E-state index contributed by atoms with van der Waals surface area (Å²) >= 11 is 0. The third kappa shape index (κ3) is 1.99. The maximum atomic E-state index is 11.8. The summed E-state index contributed by atoms with van der Waals surface area (Å²) in [6, 6.07) is 2.10. The van der Waals surface area contributed by atoms with Crippen LogP contribution in [0.3, 0.4) is 0 Å². The predicted molar refractivity (Wildman–Crippen MR) is 70.1 cm³/mol. The van der Waals surface area contributed by atoms with Crippen LogP contribution in [0.15, 0.2) is 0 Å². The van der Waals surface area contributed by atoms with E-state index < -0.39 is 32.1 Å². The molecule has 0 amide bonds. The van der Waals surface area contributed by atoms with Crippen LogP contribution in [-0.4, -0.2) is 41.8 Å². The quantitative estimate of drug-likeness (QED) is 0.778. The van der Waals surface area contributed by atoms with Gasteiger partial charge in [-0.15, -0.1) is 0 Å². The lowest BCUT2D eigenvalue weighted by Gasteiger charge is -2.44. The van der Waals surface area contributed by atoms with Crippen LogP contribution in [0.5, 0.6) is 0 Å². The Balaban J connectivity index is 2.53. The number of hydrogen-bond acceptors (Lipinski definition) is 5. The lowest BCUT2D eigenvalue weighted by molar-refractivity contribution is -0.159. The molecule has 2 unspecified atom stereocenters. The highest BCUT2D eigenvalue weighted by molar-refractivity contribution is 7.91. The highest BCUT2D eigenvalue weighted by Crippen LogP contribution is 2.56. The van der Waals surface area contributed by atoms with Gasteiger partial charge in [0, 0.05) is 6.42 Å². The van der Waals surface area contributed by atoms with Crippen molar-refractivity contribution in [3.8, 4) is 6.07 Å². The van der Waals surface area contributed by atoms with E-state index in [4.69, 9.17) is 4.74 Å². The molecule has 108 valence electrons. The molecule has 0 spiro atoms. The van der Waals surface area contributed by atoms with Crippen LogP contribution in [0.4, 0.5) is 0 Å². The van der Waals surface area contributed by atoms with Gasteiger partial charge in [0.15, 0.2) is 9.84 Å². The van der Waals surface area contributed by atoms with Gasteiger partial charge in [0.2, 0.25) is 0 Å². The number of nitriles is 1. The third-order valence-corrected chi connectivity index (χ3v) is 6.28. The van der Waals surface area contributed by atoms with Gasteiger partial charge in [0.25, 0.3) is 0 Å². The average molecular weight is 287 g/mol. The second-order valence-electron chi connectivity index (χ2n) is 6.95. The van der Waals surface area contributed by atoms with Crippen LogP contribution in [0.2, 0.25) is 0 Å². The summed E-state index contributed by atoms with van der Waals surface area (Å²) < 4.78 is 29.4. The van der Waals surface area contributed by atoms with Crippen molar-refractivity contribution in [3.05, 3.63) is 0 Å². The molecule has 2 rings (SSSR count). The summed E-state index contributed by atoms with van der Waals surface area (Å²) in [6.07, 6.45) is 0.432. The number of hydrogen-bond donors (Lipinski definition) is 1. The number of aliphatic hydroxyl groups is 1. The second-order valence-corrected chi connectivity index (χ2v) is 9.13. The minimum Gasteiger partial charge on any atom is -0.385 e. The van der Waals surface area contributed by atoms with Crippen molar-refractivity contribution >= 4 is 9.84 Å². The molecule has 0 saturated carbocycles. The minimum absolute atomic E-state index is 0.0423. The Hall–Kier alpha value is -0.640. The molecule has 0 aromatic heterocycles. The minimum atomic E-state index is -3.27. The zero-order chi connectivity index (χ0) is 14.7. The predicted octanol–water partition coefficient (Wildman–Crippen LogP) is 1.02. The van der Waals surface area contributed by atoms with Crippen molar-refractivity contribution in [1.29, 1.82) is 5.26 Å². The molecule has 0 aliphatic carbocycles. The van der Waals surface area contributed by atoms with Gasteiger partial charge in [-0.25, -0.2) is 8.42 Å². The van der Waals surface area contributed by atoms with E-state index >= 15 is 0 Å². The zero-order valence-corrected chi connectivity index (χ0v) is 12.7. The molecule has 1 N–H and O–H groups in total. The molecule has 0 radical (unpaired) electrons. The molecule has 0 bridgehead atoms. The van der Waals surface area contributed by atoms with Gasteiger partial charge in [-0.1, -0.05) is 0 Å². The molecule has 2 heterocycles. The summed E-state index contributed by atoms with van der Waals surface area (Å²) in [4.78, 5) is 0. The first-order valence-electron chi connectivity index (χ1n) is 6.43. The molecular weight excluding hydrogens is 266 g/mol. The fourth-order valence-electron chi connectivity index (χ4n) is 3.74. The molecule has 6 heteroatoms. The van der Waals surface area contributed by atoms with Crippen LogP contribution >= 0.6 is 0 Å². The summed E-state index contributed by atoms with van der Waals surface area (Å²) in [5.41, 5.74) is -4.26. The highest BCUT2D eigenvalue weighted by Gasteiger charge is 2.69.